The molecular weight excluding hydrogens is 280 g/mol. The van der Waals surface area contributed by atoms with Gasteiger partial charge in [-0.15, -0.1) is 0 Å². The van der Waals surface area contributed by atoms with Gasteiger partial charge < -0.3 is 14.7 Å². The predicted octanol–water partition coefficient (Wildman–Crippen LogP) is 1.50. The van der Waals surface area contributed by atoms with Crippen molar-refractivity contribution in [3.8, 4) is 5.75 Å². The molecule has 0 aliphatic carbocycles. The van der Waals surface area contributed by atoms with Gasteiger partial charge in [0, 0.05) is 18.5 Å². The quantitative estimate of drug-likeness (QED) is 0.900. The lowest BCUT2D eigenvalue weighted by Gasteiger charge is -2.31. The lowest BCUT2D eigenvalue weighted by Crippen LogP contribution is -2.44. The number of carbonyl (C=O) groups is 1. The molecule has 0 unspecified atom stereocenters. The van der Waals surface area contributed by atoms with Crippen LogP contribution in [0.4, 0.5) is 5.69 Å². The highest BCUT2D eigenvalue weighted by Gasteiger charge is 2.48. The molecule has 22 heavy (non-hydrogen) atoms. The molecule has 5 heteroatoms. The van der Waals surface area contributed by atoms with Crippen LogP contribution < -0.4 is 9.64 Å². The third kappa shape index (κ3) is 2.59. The average molecular weight is 304 g/mol. The summed E-state index contributed by atoms with van der Waals surface area (Å²) in [4.78, 5) is 16.5. The zero-order valence-corrected chi connectivity index (χ0v) is 13.5. The minimum Gasteiger partial charge on any atom is -0.490 e. The van der Waals surface area contributed by atoms with E-state index in [4.69, 9.17) is 4.74 Å². The van der Waals surface area contributed by atoms with Crippen LogP contribution >= 0.6 is 0 Å². The average Bonchev–Trinajstić information content (AvgIpc) is 2.65. The molecule has 1 saturated heterocycles. The molecule has 1 atom stereocenters. The summed E-state index contributed by atoms with van der Waals surface area (Å²) in [5.41, 5.74) is -0.143. The molecule has 1 N–H and O–H groups in total. The fraction of sp³-hybridized carbons (Fsp3) is 0.588. The first-order valence-electron chi connectivity index (χ1n) is 7.77. The maximum atomic E-state index is 12.7. The zero-order valence-electron chi connectivity index (χ0n) is 13.5. The number of hydrogen-bond donors (Lipinski definition) is 1. The van der Waals surface area contributed by atoms with Crippen LogP contribution in [-0.2, 0) is 4.79 Å². The molecule has 1 amide bonds. The maximum Gasteiger partial charge on any atom is 0.241 e. The van der Waals surface area contributed by atoms with Crippen molar-refractivity contribution >= 4 is 11.6 Å². The molecule has 1 aromatic carbocycles. The second-order valence-corrected chi connectivity index (χ2v) is 7.16. The Balaban J connectivity index is 1.72. The number of hydrogen-bond acceptors (Lipinski definition) is 4. The molecule has 1 fully saturated rings. The van der Waals surface area contributed by atoms with Crippen LogP contribution in [0.3, 0.4) is 0 Å². The van der Waals surface area contributed by atoms with E-state index >= 15 is 0 Å². The SMILES string of the molecule is CC1(C)CN(CC(=O)N2CCOc3ccccc32)C[C@@]1(C)O. The number of para-hydroxylation sites is 2. The van der Waals surface area contributed by atoms with Crippen molar-refractivity contribution in [2.45, 2.75) is 26.4 Å². The first-order valence-corrected chi connectivity index (χ1v) is 7.77. The highest BCUT2D eigenvalue weighted by Crippen LogP contribution is 2.38. The number of aliphatic hydroxyl groups is 1. The smallest absolute Gasteiger partial charge is 0.241 e. The molecule has 120 valence electrons. The summed E-state index contributed by atoms with van der Waals surface area (Å²) in [5, 5.41) is 10.5. The van der Waals surface area contributed by atoms with Gasteiger partial charge in [-0.1, -0.05) is 26.0 Å². The number of β-amino-alcohol motifs (C(OH)–C–C–N with tert-alkyl or cyclic N) is 1. The van der Waals surface area contributed by atoms with Crippen molar-refractivity contribution in [3.05, 3.63) is 24.3 Å². The predicted molar refractivity (Wildman–Crippen MR) is 85.1 cm³/mol. The Morgan fingerprint density at radius 2 is 2.00 bits per heavy atom. The van der Waals surface area contributed by atoms with E-state index in [-0.39, 0.29) is 11.3 Å². The number of ether oxygens (including phenoxy) is 1. The van der Waals surface area contributed by atoms with Crippen molar-refractivity contribution in [3.63, 3.8) is 0 Å². The monoisotopic (exact) mass is 304 g/mol. The third-order valence-corrected chi connectivity index (χ3v) is 5.00. The van der Waals surface area contributed by atoms with E-state index in [9.17, 15) is 9.90 Å². The molecule has 1 aromatic rings. The van der Waals surface area contributed by atoms with Gasteiger partial charge in [0.15, 0.2) is 0 Å². The number of fused-ring (bicyclic) bond motifs is 1. The lowest BCUT2D eigenvalue weighted by molar-refractivity contribution is -0.119. The molecule has 0 saturated carbocycles. The maximum absolute atomic E-state index is 12.7. The fourth-order valence-corrected chi connectivity index (χ4v) is 3.25. The second kappa shape index (κ2) is 5.25. The Morgan fingerprint density at radius 3 is 2.68 bits per heavy atom. The molecule has 0 spiro atoms. The fourth-order valence-electron chi connectivity index (χ4n) is 3.25. The van der Waals surface area contributed by atoms with Gasteiger partial charge in [0.25, 0.3) is 0 Å². The van der Waals surface area contributed by atoms with Crippen molar-refractivity contribution in [2.24, 2.45) is 5.41 Å². The van der Waals surface area contributed by atoms with Crippen LogP contribution in [0.5, 0.6) is 5.75 Å². The Morgan fingerprint density at radius 1 is 1.27 bits per heavy atom. The first kappa shape index (κ1) is 15.3. The Labute approximate surface area is 131 Å². The molecule has 0 bridgehead atoms. The van der Waals surface area contributed by atoms with E-state index in [1.807, 2.05) is 49.9 Å². The van der Waals surface area contributed by atoms with Crippen LogP contribution in [0, 0.1) is 5.41 Å². The van der Waals surface area contributed by atoms with Gasteiger partial charge in [-0.3, -0.25) is 9.69 Å². The van der Waals surface area contributed by atoms with E-state index in [1.165, 1.54) is 0 Å². The largest absolute Gasteiger partial charge is 0.490 e. The minimum atomic E-state index is -0.768. The summed E-state index contributed by atoms with van der Waals surface area (Å²) in [5.74, 6) is 0.820. The molecule has 2 aliphatic rings. The highest BCUT2D eigenvalue weighted by molar-refractivity contribution is 5.96. The molecule has 2 heterocycles. The third-order valence-electron chi connectivity index (χ3n) is 5.00. The molecule has 3 rings (SSSR count). The van der Waals surface area contributed by atoms with Crippen LogP contribution in [0.15, 0.2) is 24.3 Å². The summed E-state index contributed by atoms with van der Waals surface area (Å²) in [6, 6.07) is 7.62. The molecule has 0 aromatic heterocycles. The normalized spacial score (nSPS) is 27.4. The molecule has 0 radical (unpaired) electrons. The van der Waals surface area contributed by atoms with Crippen molar-refractivity contribution < 1.29 is 14.6 Å². The summed E-state index contributed by atoms with van der Waals surface area (Å²) in [7, 11) is 0. The summed E-state index contributed by atoms with van der Waals surface area (Å²) in [6.07, 6.45) is 0. The molecule has 5 nitrogen and oxygen atoms in total. The first-order chi connectivity index (χ1) is 10.3. The van der Waals surface area contributed by atoms with E-state index in [2.05, 4.69) is 0 Å². The molecular formula is C17H24N2O3. The second-order valence-electron chi connectivity index (χ2n) is 7.16. The van der Waals surface area contributed by atoms with E-state index in [1.54, 1.807) is 4.90 Å². The van der Waals surface area contributed by atoms with Crippen LogP contribution in [0.1, 0.15) is 20.8 Å². The van der Waals surface area contributed by atoms with Crippen LogP contribution in [-0.4, -0.2) is 54.3 Å². The van der Waals surface area contributed by atoms with Gasteiger partial charge in [-0.05, 0) is 19.1 Å². The lowest BCUT2D eigenvalue weighted by atomic mass is 9.79. The number of amides is 1. The number of likely N-dealkylation sites (tertiary alicyclic amines) is 1. The van der Waals surface area contributed by atoms with Crippen molar-refractivity contribution in [2.75, 3.05) is 37.7 Å². The van der Waals surface area contributed by atoms with Gasteiger partial charge in [0.05, 0.1) is 24.4 Å². The van der Waals surface area contributed by atoms with E-state index in [0.29, 0.717) is 26.2 Å². The van der Waals surface area contributed by atoms with Gasteiger partial charge in [0.1, 0.15) is 12.4 Å². The van der Waals surface area contributed by atoms with E-state index in [0.717, 1.165) is 18.0 Å². The minimum absolute atomic E-state index is 0.0595. The number of nitrogens with zero attached hydrogens (tertiary/aromatic N) is 2. The number of anilines is 1. The zero-order chi connectivity index (χ0) is 16.0. The Bertz CT molecular complexity index is 567. The van der Waals surface area contributed by atoms with Gasteiger partial charge in [-0.25, -0.2) is 0 Å². The Hall–Kier alpha value is -1.59. The number of rotatable bonds is 2. The van der Waals surface area contributed by atoms with Crippen molar-refractivity contribution in [1.29, 1.82) is 0 Å². The van der Waals surface area contributed by atoms with Gasteiger partial charge in [0.2, 0.25) is 5.91 Å². The standard InChI is InChI=1S/C17H24N2O3/c1-16(2)11-18(12-17(16,3)21)10-15(20)19-8-9-22-14-7-5-4-6-13(14)19/h4-7,21H,8-12H2,1-3H3/t17-/m1/s1. The van der Waals surface area contributed by atoms with E-state index < -0.39 is 5.60 Å². The Kier molecular flexibility index (Phi) is 3.65. The van der Waals surface area contributed by atoms with Crippen LogP contribution in [0.2, 0.25) is 0 Å². The number of benzene rings is 1. The highest BCUT2D eigenvalue weighted by atomic mass is 16.5. The van der Waals surface area contributed by atoms with Gasteiger partial charge >= 0.3 is 0 Å². The van der Waals surface area contributed by atoms with Crippen molar-refractivity contribution in [1.82, 2.24) is 4.90 Å². The van der Waals surface area contributed by atoms with Gasteiger partial charge in [-0.2, -0.15) is 0 Å². The van der Waals surface area contributed by atoms with Crippen LogP contribution in [0.25, 0.3) is 0 Å². The number of carbonyl (C=O) groups excluding carboxylic acids is 1. The topological polar surface area (TPSA) is 53.0 Å². The summed E-state index contributed by atoms with van der Waals surface area (Å²) >= 11 is 0. The molecule has 2 aliphatic heterocycles. The summed E-state index contributed by atoms with van der Waals surface area (Å²) < 4.78 is 5.59. The summed E-state index contributed by atoms with van der Waals surface area (Å²) in [6.45, 7) is 8.60.